The monoisotopic (exact) mass is 208 g/mol. The van der Waals surface area contributed by atoms with Crippen LogP contribution in [0.15, 0.2) is 0 Å². The van der Waals surface area contributed by atoms with E-state index >= 15 is 0 Å². The summed E-state index contributed by atoms with van der Waals surface area (Å²) in [5.41, 5.74) is 0. The lowest BCUT2D eigenvalue weighted by molar-refractivity contribution is -0.143. The third kappa shape index (κ3) is 1.97. The molecule has 10 heavy (non-hydrogen) atoms. The van der Waals surface area contributed by atoms with E-state index in [0.29, 0.717) is 0 Å². The Labute approximate surface area is 70.1 Å². The molecule has 0 amide bonds. The lowest BCUT2D eigenvalue weighted by Crippen LogP contribution is -2.31. The predicted molar refractivity (Wildman–Crippen MR) is 44.3 cm³/mol. The summed E-state index contributed by atoms with van der Waals surface area (Å²) in [4.78, 5) is 11.0. The molecule has 0 N–H and O–H groups in total. The quantitative estimate of drug-likeness (QED) is 0.525. The minimum absolute atomic E-state index is 0.183. The second-order valence-electron chi connectivity index (χ2n) is 2.16. The zero-order valence-corrected chi connectivity index (χ0v) is 8.19. The zero-order valence-electron chi connectivity index (χ0n) is 6.61. The molecule has 0 atom stereocenters. The fraction of sp³-hybridized carbons (Fsp3) is 0.857. The molecule has 0 rings (SSSR count). The lowest BCUT2D eigenvalue weighted by atomic mass is 10.0. The van der Waals surface area contributed by atoms with Gasteiger partial charge in [0.1, 0.15) is 4.32 Å². The van der Waals surface area contributed by atoms with Crippen molar-refractivity contribution in [1.82, 2.24) is 0 Å². The van der Waals surface area contributed by atoms with Crippen molar-refractivity contribution in [2.24, 2.45) is 0 Å². The molecule has 2 nitrogen and oxygen atoms in total. The van der Waals surface area contributed by atoms with Gasteiger partial charge in [0.15, 0.2) is 0 Å². The number of rotatable bonds is 3. The Hall–Kier alpha value is -0.0500. The third-order valence-corrected chi connectivity index (χ3v) is 3.12. The highest BCUT2D eigenvalue weighted by atomic mass is 79.9. The van der Waals surface area contributed by atoms with Gasteiger partial charge in [-0.25, -0.2) is 0 Å². The molecule has 60 valence electrons. The van der Waals surface area contributed by atoms with Gasteiger partial charge in [-0.1, -0.05) is 29.8 Å². The number of hydrogen-bond acceptors (Lipinski definition) is 2. The largest absolute Gasteiger partial charge is 0.468 e. The molecule has 0 saturated carbocycles. The normalized spacial score (nSPS) is 11.2. The Morgan fingerprint density at radius 3 is 2.00 bits per heavy atom. The van der Waals surface area contributed by atoms with Crippen molar-refractivity contribution in [2.75, 3.05) is 7.11 Å². The molecule has 0 spiro atoms. The first-order valence-electron chi connectivity index (χ1n) is 3.38. The maximum atomic E-state index is 11.0. The van der Waals surface area contributed by atoms with Crippen molar-refractivity contribution in [3.05, 3.63) is 0 Å². The van der Waals surface area contributed by atoms with Crippen LogP contribution in [0, 0.1) is 0 Å². The van der Waals surface area contributed by atoms with E-state index in [2.05, 4.69) is 20.7 Å². The number of methoxy groups -OCH3 is 1. The van der Waals surface area contributed by atoms with Gasteiger partial charge in [-0.3, -0.25) is 4.79 Å². The molecule has 3 heteroatoms. The molecular weight excluding hydrogens is 196 g/mol. The lowest BCUT2D eigenvalue weighted by Gasteiger charge is -2.20. The number of ether oxygens (including phenoxy) is 1. The molecule has 0 aliphatic heterocycles. The van der Waals surface area contributed by atoms with Gasteiger partial charge in [0.2, 0.25) is 0 Å². The molecule has 0 heterocycles. The van der Waals surface area contributed by atoms with E-state index in [0.717, 1.165) is 12.8 Å². The standard InChI is InChI=1S/C7H13BrO2/c1-4-7(8,5-2)6(9)10-3/h4-5H2,1-3H3. The first kappa shape index (κ1) is 9.95. The highest BCUT2D eigenvalue weighted by Gasteiger charge is 2.32. The fourth-order valence-electron chi connectivity index (χ4n) is 0.722. The maximum absolute atomic E-state index is 11.0. The molecular formula is C7H13BrO2. The van der Waals surface area contributed by atoms with Crippen LogP contribution in [0.1, 0.15) is 26.7 Å². The fourth-order valence-corrected chi connectivity index (χ4v) is 0.883. The van der Waals surface area contributed by atoms with E-state index in [1.54, 1.807) is 0 Å². The number of carbonyl (C=O) groups is 1. The Bertz CT molecular complexity index is 119. The summed E-state index contributed by atoms with van der Waals surface area (Å²) in [5.74, 6) is -0.183. The Balaban J connectivity index is 4.17. The second-order valence-corrected chi connectivity index (χ2v) is 3.68. The van der Waals surface area contributed by atoms with Crippen LogP contribution >= 0.6 is 15.9 Å². The van der Waals surface area contributed by atoms with Crippen LogP contribution < -0.4 is 0 Å². The van der Waals surface area contributed by atoms with E-state index in [-0.39, 0.29) is 5.97 Å². The minimum Gasteiger partial charge on any atom is -0.468 e. The van der Waals surface area contributed by atoms with Crippen molar-refractivity contribution < 1.29 is 9.53 Å². The topological polar surface area (TPSA) is 26.3 Å². The van der Waals surface area contributed by atoms with Crippen LogP contribution in [-0.4, -0.2) is 17.4 Å². The second kappa shape index (κ2) is 3.96. The van der Waals surface area contributed by atoms with Crippen molar-refractivity contribution in [2.45, 2.75) is 31.0 Å². The Morgan fingerprint density at radius 2 is 1.90 bits per heavy atom. The number of carbonyl (C=O) groups excluding carboxylic acids is 1. The number of halogens is 1. The van der Waals surface area contributed by atoms with Gasteiger partial charge in [0.05, 0.1) is 7.11 Å². The Kier molecular flexibility index (Phi) is 3.94. The van der Waals surface area contributed by atoms with Crippen molar-refractivity contribution in [3.63, 3.8) is 0 Å². The van der Waals surface area contributed by atoms with Crippen LogP contribution in [0.3, 0.4) is 0 Å². The molecule has 0 aromatic rings. The van der Waals surface area contributed by atoms with E-state index in [1.807, 2.05) is 13.8 Å². The molecule has 0 aromatic heterocycles. The van der Waals surface area contributed by atoms with Gasteiger partial charge >= 0.3 is 5.97 Å². The summed E-state index contributed by atoms with van der Waals surface area (Å²) in [6, 6.07) is 0. The SMILES string of the molecule is CCC(Br)(CC)C(=O)OC. The zero-order chi connectivity index (χ0) is 8.20. The third-order valence-electron chi connectivity index (χ3n) is 1.67. The van der Waals surface area contributed by atoms with Gasteiger partial charge in [-0.2, -0.15) is 0 Å². The molecule has 0 radical (unpaired) electrons. The van der Waals surface area contributed by atoms with Crippen molar-refractivity contribution in [1.29, 1.82) is 0 Å². The summed E-state index contributed by atoms with van der Waals surface area (Å²) in [6.45, 7) is 3.91. The van der Waals surface area contributed by atoms with Gasteiger partial charge in [0.25, 0.3) is 0 Å². The average Bonchev–Trinajstić information content (AvgIpc) is 2.01. The molecule has 0 bridgehead atoms. The van der Waals surface area contributed by atoms with Crippen LogP contribution in [-0.2, 0) is 9.53 Å². The smallest absolute Gasteiger partial charge is 0.322 e. The summed E-state index contributed by atoms with van der Waals surface area (Å²) < 4.78 is 4.15. The van der Waals surface area contributed by atoms with E-state index in [9.17, 15) is 4.79 Å². The van der Waals surface area contributed by atoms with Crippen LogP contribution in [0.2, 0.25) is 0 Å². The van der Waals surface area contributed by atoms with Crippen LogP contribution in [0.25, 0.3) is 0 Å². The first-order chi connectivity index (χ1) is 4.60. The number of esters is 1. The van der Waals surface area contributed by atoms with Gasteiger partial charge in [0, 0.05) is 0 Å². The molecule has 0 saturated heterocycles. The van der Waals surface area contributed by atoms with Crippen molar-refractivity contribution in [3.8, 4) is 0 Å². The van der Waals surface area contributed by atoms with Gasteiger partial charge in [-0.05, 0) is 12.8 Å². The predicted octanol–water partition coefficient (Wildman–Crippen LogP) is 2.11. The molecule has 0 fully saturated rings. The number of hydrogen-bond donors (Lipinski definition) is 0. The summed E-state index contributed by atoms with van der Waals surface area (Å²) in [6.07, 6.45) is 1.52. The van der Waals surface area contributed by atoms with Gasteiger partial charge in [-0.15, -0.1) is 0 Å². The van der Waals surface area contributed by atoms with E-state index in [1.165, 1.54) is 7.11 Å². The summed E-state index contributed by atoms with van der Waals surface area (Å²) >= 11 is 3.33. The molecule has 0 aliphatic rings. The summed E-state index contributed by atoms with van der Waals surface area (Å²) in [5, 5.41) is 0. The Morgan fingerprint density at radius 1 is 1.50 bits per heavy atom. The van der Waals surface area contributed by atoms with E-state index in [4.69, 9.17) is 0 Å². The van der Waals surface area contributed by atoms with Crippen molar-refractivity contribution >= 4 is 21.9 Å². The van der Waals surface area contributed by atoms with Crippen LogP contribution in [0.5, 0.6) is 0 Å². The van der Waals surface area contributed by atoms with E-state index < -0.39 is 4.32 Å². The maximum Gasteiger partial charge on any atom is 0.322 e. The highest BCUT2D eigenvalue weighted by molar-refractivity contribution is 9.10. The summed E-state index contributed by atoms with van der Waals surface area (Å²) in [7, 11) is 1.41. The first-order valence-corrected chi connectivity index (χ1v) is 4.17. The molecule has 0 aliphatic carbocycles. The van der Waals surface area contributed by atoms with Crippen LogP contribution in [0.4, 0.5) is 0 Å². The number of alkyl halides is 1. The molecule has 0 unspecified atom stereocenters. The minimum atomic E-state index is -0.457. The van der Waals surface area contributed by atoms with Gasteiger partial charge < -0.3 is 4.74 Å². The highest BCUT2D eigenvalue weighted by Crippen LogP contribution is 2.27. The molecule has 0 aromatic carbocycles. The average molecular weight is 209 g/mol.